The van der Waals surface area contributed by atoms with Gasteiger partial charge in [0.1, 0.15) is 0 Å². The molecule has 6 nitrogen and oxygen atoms in total. The van der Waals surface area contributed by atoms with Crippen LogP contribution >= 0.6 is 0 Å². The molecule has 1 amide bonds. The summed E-state index contributed by atoms with van der Waals surface area (Å²) in [4.78, 5) is 22.9. The van der Waals surface area contributed by atoms with Crippen LogP contribution < -0.4 is 11.1 Å². The normalized spacial score (nSPS) is 24.8. The minimum absolute atomic E-state index is 0.0480. The molecule has 1 saturated heterocycles. The number of amides is 1. The highest BCUT2D eigenvalue weighted by atomic mass is 16.5. The summed E-state index contributed by atoms with van der Waals surface area (Å²) in [5, 5.41) is 11.8. The van der Waals surface area contributed by atoms with Crippen molar-refractivity contribution in [2.75, 3.05) is 19.8 Å². The number of hydrogen-bond donors (Lipinski definition) is 3. The number of hydrogen-bond acceptors (Lipinski definition) is 4. The van der Waals surface area contributed by atoms with Crippen molar-refractivity contribution in [3.63, 3.8) is 0 Å². The van der Waals surface area contributed by atoms with Crippen molar-refractivity contribution in [1.82, 2.24) is 5.32 Å². The molecule has 0 spiro atoms. The predicted octanol–water partition coefficient (Wildman–Crippen LogP) is 0.111. The van der Waals surface area contributed by atoms with Crippen LogP contribution in [0.2, 0.25) is 0 Å². The molecule has 1 fully saturated rings. The number of aliphatic carboxylic acids is 1. The number of carbonyl (C=O) groups excluding carboxylic acids is 1. The molecule has 0 aromatic carbocycles. The van der Waals surface area contributed by atoms with Gasteiger partial charge in [-0.1, -0.05) is 6.92 Å². The van der Waals surface area contributed by atoms with Crippen LogP contribution in [0.1, 0.15) is 32.6 Å². The monoisotopic (exact) mass is 258 g/mol. The van der Waals surface area contributed by atoms with Crippen molar-refractivity contribution in [3.8, 4) is 0 Å². The molecule has 2 unspecified atom stereocenters. The van der Waals surface area contributed by atoms with Gasteiger partial charge in [-0.2, -0.15) is 0 Å². The van der Waals surface area contributed by atoms with Crippen LogP contribution in [0.3, 0.4) is 0 Å². The van der Waals surface area contributed by atoms with E-state index in [2.05, 4.69) is 5.32 Å². The van der Waals surface area contributed by atoms with Gasteiger partial charge in [0.15, 0.2) is 5.54 Å². The lowest BCUT2D eigenvalue weighted by Crippen LogP contribution is -2.55. The maximum Gasteiger partial charge on any atom is 0.331 e. The number of carbonyl (C=O) groups is 2. The van der Waals surface area contributed by atoms with Crippen molar-refractivity contribution in [2.24, 2.45) is 11.7 Å². The molecule has 2 atom stereocenters. The van der Waals surface area contributed by atoms with Gasteiger partial charge in [0.05, 0.1) is 6.61 Å². The fourth-order valence-electron chi connectivity index (χ4n) is 2.02. The van der Waals surface area contributed by atoms with Crippen molar-refractivity contribution < 1.29 is 19.4 Å². The second kappa shape index (κ2) is 6.70. The zero-order chi connectivity index (χ0) is 13.6. The Morgan fingerprint density at radius 1 is 1.50 bits per heavy atom. The van der Waals surface area contributed by atoms with Gasteiger partial charge in [-0.25, -0.2) is 4.79 Å². The largest absolute Gasteiger partial charge is 0.479 e. The van der Waals surface area contributed by atoms with Crippen LogP contribution in [0.4, 0.5) is 0 Å². The molecule has 1 heterocycles. The summed E-state index contributed by atoms with van der Waals surface area (Å²) < 4.78 is 5.07. The lowest BCUT2D eigenvalue weighted by atomic mass is 9.97. The third-order valence-electron chi connectivity index (χ3n) is 3.33. The number of nitrogens with one attached hydrogen (secondary N) is 1. The Bertz CT molecular complexity index is 300. The van der Waals surface area contributed by atoms with Gasteiger partial charge in [-0.15, -0.1) is 0 Å². The summed E-state index contributed by atoms with van der Waals surface area (Å²) >= 11 is 0. The Labute approximate surface area is 107 Å². The minimum atomic E-state index is -1.23. The van der Waals surface area contributed by atoms with Gasteiger partial charge in [0.2, 0.25) is 5.91 Å². The van der Waals surface area contributed by atoms with E-state index in [1.165, 1.54) is 0 Å². The Morgan fingerprint density at radius 3 is 2.72 bits per heavy atom. The molecule has 4 N–H and O–H groups in total. The quantitative estimate of drug-likeness (QED) is 0.601. The summed E-state index contributed by atoms with van der Waals surface area (Å²) in [5.74, 6) is -0.878. The Balaban J connectivity index is 2.41. The predicted molar refractivity (Wildman–Crippen MR) is 66.0 cm³/mol. The third kappa shape index (κ3) is 3.96. The summed E-state index contributed by atoms with van der Waals surface area (Å²) in [5.41, 5.74) is 4.21. The molecule has 0 aromatic rings. The molecule has 104 valence electrons. The van der Waals surface area contributed by atoms with E-state index in [-0.39, 0.29) is 12.5 Å². The fraction of sp³-hybridized carbons (Fsp3) is 0.833. The molecule has 6 heteroatoms. The second-order valence-electron chi connectivity index (χ2n) is 4.96. The lowest BCUT2D eigenvalue weighted by molar-refractivity contribution is -0.147. The summed E-state index contributed by atoms with van der Waals surface area (Å²) in [6.45, 7) is 3.06. The Morgan fingerprint density at radius 2 is 2.22 bits per heavy atom. The highest BCUT2D eigenvalue weighted by Crippen LogP contribution is 2.19. The van der Waals surface area contributed by atoms with Gasteiger partial charge in [0.25, 0.3) is 0 Å². The van der Waals surface area contributed by atoms with E-state index in [0.29, 0.717) is 31.9 Å². The van der Waals surface area contributed by atoms with Crippen molar-refractivity contribution in [2.45, 2.75) is 38.1 Å². The number of rotatable bonds is 7. The Hall–Kier alpha value is -1.14. The maximum absolute atomic E-state index is 11.8. The van der Waals surface area contributed by atoms with Crippen LogP contribution in [-0.4, -0.2) is 42.3 Å². The van der Waals surface area contributed by atoms with Crippen molar-refractivity contribution in [1.29, 1.82) is 0 Å². The first-order chi connectivity index (χ1) is 8.50. The first kappa shape index (κ1) is 14.9. The highest BCUT2D eigenvalue weighted by Gasteiger charge is 2.43. The summed E-state index contributed by atoms with van der Waals surface area (Å²) in [7, 11) is 0. The number of ether oxygens (including phenoxy) is 1. The molecule has 1 rings (SSSR count). The number of carboxylic acids is 1. The molecular weight excluding hydrogens is 236 g/mol. The fourth-order valence-corrected chi connectivity index (χ4v) is 2.02. The molecule has 0 bridgehead atoms. The maximum atomic E-state index is 11.8. The van der Waals surface area contributed by atoms with Crippen LogP contribution in [0.5, 0.6) is 0 Å². The zero-order valence-electron chi connectivity index (χ0n) is 10.8. The van der Waals surface area contributed by atoms with Crippen LogP contribution in [0.25, 0.3) is 0 Å². The molecule has 0 aromatic heterocycles. The van der Waals surface area contributed by atoms with Crippen LogP contribution in [-0.2, 0) is 14.3 Å². The molecule has 0 saturated carbocycles. The highest BCUT2D eigenvalue weighted by molar-refractivity contribution is 5.87. The van der Waals surface area contributed by atoms with Gasteiger partial charge >= 0.3 is 5.97 Å². The molecule has 0 aliphatic carbocycles. The van der Waals surface area contributed by atoms with Crippen LogP contribution in [0, 0.1) is 5.92 Å². The minimum Gasteiger partial charge on any atom is -0.479 e. The summed E-state index contributed by atoms with van der Waals surface area (Å²) in [6.07, 6.45) is 2.25. The van der Waals surface area contributed by atoms with E-state index < -0.39 is 11.5 Å². The smallest absolute Gasteiger partial charge is 0.331 e. The third-order valence-corrected chi connectivity index (χ3v) is 3.33. The summed E-state index contributed by atoms with van der Waals surface area (Å²) in [6, 6.07) is 0. The SMILES string of the molecule is CC(CCN)CCC(=O)NC1(C(=O)O)CCOC1. The van der Waals surface area contributed by atoms with E-state index >= 15 is 0 Å². The molecular formula is C12H22N2O4. The first-order valence-corrected chi connectivity index (χ1v) is 6.32. The first-order valence-electron chi connectivity index (χ1n) is 6.32. The van der Waals surface area contributed by atoms with Gasteiger partial charge in [-0.3, -0.25) is 4.79 Å². The second-order valence-corrected chi connectivity index (χ2v) is 4.96. The molecule has 18 heavy (non-hydrogen) atoms. The van der Waals surface area contributed by atoms with Crippen molar-refractivity contribution in [3.05, 3.63) is 0 Å². The topological polar surface area (TPSA) is 102 Å². The molecule has 1 aliphatic heterocycles. The Kier molecular flexibility index (Phi) is 5.55. The lowest BCUT2D eigenvalue weighted by Gasteiger charge is -2.24. The van der Waals surface area contributed by atoms with Gasteiger partial charge in [-0.05, 0) is 25.3 Å². The van der Waals surface area contributed by atoms with Gasteiger partial charge < -0.3 is 20.9 Å². The van der Waals surface area contributed by atoms with E-state index in [1.807, 2.05) is 6.92 Å². The zero-order valence-corrected chi connectivity index (χ0v) is 10.8. The average Bonchev–Trinajstić information content (AvgIpc) is 2.77. The van der Waals surface area contributed by atoms with E-state index in [4.69, 9.17) is 15.6 Å². The van der Waals surface area contributed by atoms with E-state index in [9.17, 15) is 9.59 Å². The number of carboxylic acid groups (broad SMARTS) is 1. The standard InChI is InChI=1S/C12H22N2O4/c1-9(4-6-13)2-3-10(15)14-12(11(16)17)5-7-18-8-12/h9H,2-8,13H2,1H3,(H,14,15)(H,16,17). The average molecular weight is 258 g/mol. The number of nitrogens with two attached hydrogens (primary N) is 1. The molecule has 0 radical (unpaired) electrons. The molecule has 1 aliphatic rings. The van der Waals surface area contributed by atoms with Crippen LogP contribution in [0.15, 0.2) is 0 Å². The van der Waals surface area contributed by atoms with E-state index in [0.717, 1.165) is 12.8 Å². The van der Waals surface area contributed by atoms with Gasteiger partial charge in [0, 0.05) is 19.4 Å². The van der Waals surface area contributed by atoms with E-state index in [1.54, 1.807) is 0 Å². The van der Waals surface area contributed by atoms with Crippen molar-refractivity contribution >= 4 is 11.9 Å².